The third-order valence-corrected chi connectivity index (χ3v) is 4.44. The van der Waals surface area contributed by atoms with Gasteiger partial charge in [0.15, 0.2) is 0 Å². The van der Waals surface area contributed by atoms with Gasteiger partial charge in [0.25, 0.3) is 0 Å². The summed E-state index contributed by atoms with van der Waals surface area (Å²) in [6.45, 7) is 3.24. The topological polar surface area (TPSA) is 67.2 Å². The van der Waals surface area contributed by atoms with Gasteiger partial charge in [-0.1, -0.05) is 12.8 Å². The fourth-order valence-corrected chi connectivity index (χ4v) is 3.65. The molecule has 0 radical (unpaired) electrons. The fourth-order valence-electron chi connectivity index (χ4n) is 3.65. The molecule has 1 saturated carbocycles. The van der Waals surface area contributed by atoms with Crippen molar-refractivity contribution in [1.29, 1.82) is 0 Å². The van der Waals surface area contributed by atoms with Crippen LogP contribution in [0.3, 0.4) is 0 Å². The van der Waals surface area contributed by atoms with Crippen LogP contribution >= 0.6 is 0 Å². The number of carbonyl (C=O) groups excluding carboxylic acids is 1. The summed E-state index contributed by atoms with van der Waals surface area (Å²) in [6.07, 6.45) is 8.29. The molecule has 2 fully saturated rings. The monoisotopic (exact) mass is 253 g/mol. The Morgan fingerprint density at radius 3 is 2.78 bits per heavy atom. The quantitative estimate of drug-likeness (QED) is 0.688. The van der Waals surface area contributed by atoms with Crippen molar-refractivity contribution in [3.8, 4) is 0 Å². The highest BCUT2D eigenvalue weighted by Crippen LogP contribution is 2.30. The molecule has 2 aliphatic rings. The van der Waals surface area contributed by atoms with Crippen LogP contribution in [0.4, 0.5) is 0 Å². The largest absolute Gasteiger partial charge is 0.370 e. The normalized spacial score (nSPS) is 34.4. The first kappa shape index (κ1) is 13.8. The molecule has 1 amide bonds. The lowest BCUT2D eigenvalue weighted by Gasteiger charge is -2.37. The van der Waals surface area contributed by atoms with Gasteiger partial charge in [-0.05, 0) is 45.1 Å². The Morgan fingerprint density at radius 2 is 2.11 bits per heavy atom. The summed E-state index contributed by atoms with van der Waals surface area (Å²) in [4.78, 5) is 11.0. The molecule has 0 aromatic heterocycles. The summed E-state index contributed by atoms with van der Waals surface area (Å²) in [5.41, 5.74) is 5.26. The standard InChI is InChI=1S/C14H27N3O/c1-10(9-14(15)18)17-13-6-3-2-5-11(13)12-7-4-8-16-12/h10-13,16-17H,2-9H2,1H3,(H2,15,18). The van der Waals surface area contributed by atoms with Gasteiger partial charge in [0, 0.05) is 24.5 Å². The third kappa shape index (κ3) is 3.69. The molecule has 1 aliphatic heterocycles. The highest BCUT2D eigenvalue weighted by molar-refractivity contribution is 5.74. The summed E-state index contributed by atoms with van der Waals surface area (Å²) >= 11 is 0. The van der Waals surface area contributed by atoms with E-state index in [4.69, 9.17) is 5.73 Å². The molecule has 4 heteroatoms. The molecule has 0 aromatic carbocycles. The molecule has 4 nitrogen and oxygen atoms in total. The Morgan fingerprint density at radius 1 is 1.33 bits per heavy atom. The molecule has 4 unspecified atom stereocenters. The Balaban J connectivity index is 1.88. The van der Waals surface area contributed by atoms with E-state index in [1.807, 2.05) is 0 Å². The maximum atomic E-state index is 11.0. The molecule has 2 rings (SSSR count). The van der Waals surface area contributed by atoms with Crippen LogP contribution in [0, 0.1) is 5.92 Å². The summed E-state index contributed by atoms with van der Waals surface area (Å²) in [5, 5.41) is 7.27. The number of hydrogen-bond donors (Lipinski definition) is 3. The molecule has 1 heterocycles. The molecule has 104 valence electrons. The first-order valence-corrected chi connectivity index (χ1v) is 7.44. The molecule has 4 N–H and O–H groups in total. The first-order chi connectivity index (χ1) is 8.66. The Bertz CT molecular complexity index is 276. The van der Waals surface area contributed by atoms with Gasteiger partial charge in [-0.25, -0.2) is 0 Å². The number of nitrogens with two attached hydrogens (primary N) is 1. The average molecular weight is 253 g/mol. The minimum Gasteiger partial charge on any atom is -0.370 e. The van der Waals surface area contributed by atoms with E-state index in [-0.39, 0.29) is 11.9 Å². The molecule has 0 spiro atoms. The van der Waals surface area contributed by atoms with Crippen LogP contribution in [0.1, 0.15) is 51.9 Å². The predicted molar refractivity (Wildman–Crippen MR) is 73.2 cm³/mol. The van der Waals surface area contributed by atoms with Gasteiger partial charge in [0.05, 0.1) is 0 Å². The average Bonchev–Trinajstić information content (AvgIpc) is 2.81. The molecule has 0 bridgehead atoms. The maximum Gasteiger partial charge on any atom is 0.218 e. The van der Waals surface area contributed by atoms with E-state index in [2.05, 4.69) is 17.6 Å². The zero-order valence-corrected chi connectivity index (χ0v) is 11.5. The first-order valence-electron chi connectivity index (χ1n) is 7.44. The summed E-state index contributed by atoms with van der Waals surface area (Å²) in [5.74, 6) is 0.526. The van der Waals surface area contributed by atoms with Crippen LogP contribution in [0.25, 0.3) is 0 Å². The number of primary amides is 1. The number of hydrogen-bond acceptors (Lipinski definition) is 3. The van der Waals surface area contributed by atoms with E-state index in [0.29, 0.717) is 18.5 Å². The second-order valence-electron chi connectivity index (χ2n) is 6.00. The van der Waals surface area contributed by atoms with Crippen molar-refractivity contribution in [3.05, 3.63) is 0 Å². The summed E-state index contributed by atoms with van der Waals surface area (Å²) in [6, 6.07) is 1.45. The second kappa shape index (κ2) is 6.53. The van der Waals surface area contributed by atoms with Crippen LogP contribution in [0.5, 0.6) is 0 Å². The van der Waals surface area contributed by atoms with Crippen molar-refractivity contribution < 1.29 is 4.79 Å². The van der Waals surface area contributed by atoms with E-state index in [9.17, 15) is 4.79 Å². The van der Waals surface area contributed by atoms with Crippen LogP contribution in [0.2, 0.25) is 0 Å². The van der Waals surface area contributed by atoms with Gasteiger partial charge in [-0.2, -0.15) is 0 Å². The molecule has 1 aliphatic carbocycles. The molecule has 0 aromatic rings. The number of rotatable bonds is 5. The van der Waals surface area contributed by atoms with Crippen molar-refractivity contribution in [3.63, 3.8) is 0 Å². The van der Waals surface area contributed by atoms with Crippen molar-refractivity contribution >= 4 is 5.91 Å². The second-order valence-corrected chi connectivity index (χ2v) is 6.00. The summed E-state index contributed by atoms with van der Waals surface area (Å²) in [7, 11) is 0. The van der Waals surface area contributed by atoms with Crippen LogP contribution in [0.15, 0.2) is 0 Å². The van der Waals surface area contributed by atoms with Crippen LogP contribution in [-0.2, 0) is 4.79 Å². The Labute approximate surface area is 110 Å². The zero-order chi connectivity index (χ0) is 13.0. The molecular formula is C14H27N3O. The Kier molecular flexibility index (Phi) is 5.01. The van der Waals surface area contributed by atoms with Crippen molar-refractivity contribution in [1.82, 2.24) is 10.6 Å². The fraction of sp³-hybridized carbons (Fsp3) is 0.929. The molecule has 4 atom stereocenters. The summed E-state index contributed by atoms with van der Waals surface area (Å²) < 4.78 is 0. The molecular weight excluding hydrogens is 226 g/mol. The maximum absolute atomic E-state index is 11.0. The zero-order valence-electron chi connectivity index (χ0n) is 11.5. The van der Waals surface area contributed by atoms with E-state index >= 15 is 0 Å². The van der Waals surface area contributed by atoms with E-state index in [1.165, 1.54) is 45.1 Å². The number of carbonyl (C=O) groups is 1. The van der Waals surface area contributed by atoms with E-state index < -0.39 is 0 Å². The molecule has 1 saturated heterocycles. The van der Waals surface area contributed by atoms with Gasteiger partial charge in [0.2, 0.25) is 5.91 Å². The lowest BCUT2D eigenvalue weighted by molar-refractivity contribution is -0.118. The minimum atomic E-state index is -0.207. The highest BCUT2D eigenvalue weighted by atomic mass is 16.1. The van der Waals surface area contributed by atoms with Gasteiger partial charge in [-0.15, -0.1) is 0 Å². The lowest BCUT2D eigenvalue weighted by Crippen LogP contribution is -2.50. The van der Waals surface area contributed by atoms with Crippen molar-refractivity contribution in [2.24, 2.45) is 11.7 Å². The smallest absolute Gasteiger partial charge is 0.218 e. The van der Waals surface area contributed by atoms with Gasteiger partial charge >= 0.3 is 0 Å². The third-order valence-electron chi connectivity index (χ3n) is 4.44. The molecule has 18 heavy (non-hydrogen) atoms. The van der Waals surface area contributed by atoms with Crippen LogP contribution < -0.4 is 16.4 Å². The lowest BCUT2D eigenvalue weighted by atomic mass is 9.79. The van der Waals surface area contributed by atoms with Gasteiger partial charge in [0.1, 0.15) is 0 Å². The predicted octanol–water partition coefficient (Wildman–Crippen LogP) is 1.15. The van der Waals surface area contributed by atoms with Crippen LogP contribution in [-0.4, -0.2) is 30.6 Å². The Hall–Kier alpha value is -0.610. The van der Waals surface area contributed by atoms with Gasteiger partial charge < -0.3 is 16.4 Å². The SMILES string of the molecule is CC(CC(N)=O)NC1CCCCC1C1CCCN1. The van der Waals surface area contributed by atoms with Crippen molar-refractivity contribution in [2.45, 2.75) is 70.0 Å². The van der Waals surface area contributed by atoms with E-state index in [1.54, 1.807) is 0 Å². The van der Waals surface area contributed by atoms with Gasteiger partial charge in [-0.3, -0.25) is 4.79 Å². The highest BCUT2D eigenvalue weighted by Gasteiger charge is 2.33. The minimum absolute atomic E-state index is 0.203. The van der Waals surface area contributed by atoms with Crippen molar-refractivity contribution in [2.75, 3.05) is 6.54 Å². The number of nitrogens with one attached hydrogen (secondary N) is 2. The van der Waals surface area contributed by atoms with E-state index in [0.717, 1.165) is 5.92 Å². The number of amides is 1.